The first-order chi connectivity index (χ1) is 19.9. The molecule has 1 fully saturated rings. The topological polar surface area (TPSA) is 91.2 Å². The summed E-state index contributed by atoms with van der Waals surface area (Å²) in [7, 11) is 0. The van der Waals surface area contributed by atoms with Gasteiger partial charge in [-0.3, -0.25) is 24.6 Å². The van der Waals surface area contributed by atoms with Crippen molar-refractivity contribution in [1.82, 2.24) is 25.2 Å². The molecule has 0 saturated carbocycles. The van der Waals surface area contributed by atoms with Crippen LogP contribution in [0.15, 0.2) is 67.3 Å². The predicted molar refractivity (Wildman–Crippen MR) is 161 cm³/mol. The number of amides is 1. The van der Waals surface area contributed by atoms with Gasteiger partial charge < -0.3 is 10.4 Å². The van der Waals surface area contributed by atoms with E-state index in [0.29, 0.717) is 6.54 Å². The van der Waals surface area contributed by atoms with Crippen molar-refractivity contribution < 1.29 is 9.90 Å². The molecule has 1 aromatic carbocycles. The number of carbonyl (C=O) groups is 1. The van der Waals surface area contributed by atoms with E-state index in [2.05, 4.69) is 41.2 Å². The molecule has 5 rings (SSSR count). The molecule has 0 radical (unpaired) electrons. The van der Waals surface area contributed by atoms with Gasteiger partial charge in [-0.15, -0.1) is 0 Å². The molecule has 2 N–H and O–H groups in total. The normalized spacial score (nSPS) is 17.4. The van der Waals surface area contributed by atoms with Crippen molar-refractivity contribution in [2.45, 2.75) is 64.9 Å². The summed E-state index contributed by atoms with van der Waals surface area (Å²) < 4.78 is 0. The second kappa shape index (κ2) is 13.1. The maximum atomic E-state index is 12.8. The number of aliphatic hydroxyl groups is 1. The Balaban J connectivity index is 1.42. The first-order valence-corrected chi connectivity index (χ1v) is 14.5. The number of nitrogens with one attached hydrogen (secondary N) is 1. The quantitative estimate of drug-likeness (QED) is 0.238. The Morgan fingerprint density at radius 3 is 2.12 bits per heavy atom. The molecule has 3 aromatic heterocycles. The van der Waals surface area contributed by atoms with Crippen LogP contribution >= 0.6 is 23.2 Å². The number of rotatable bonds is 8. The Hall–Kier alpha value is -3.36. The number of pyridine rings is 3. The van der Waals surface area contributed by atoms with Crippen LogP contribution < -0.4 is 5.32 Å². The van der Waals surface area contributed by atoms with Gasteiger partial charge in [0.25, 0.3) is 5.91 Å². The summed E-state index contributed by atoms with van der Waals surface area (Å²) in [5.74, 6) is -0.382. The molecule has 1 aliphatic heterocycles. The molecule has 212 valence electrons. The smallest absolute Gasteiger partial charge is 0.254 e. The minimum absolute atomic E-state index is 0.118. The van der Waals surface area contributed by atoms with Crippen molar-refractivity contribution in [2.75, 3.05) is 0 Å². The first-order valence-electron chi connectivity index (χ1n) is 13.7. The van der Waals surface area contributed by atoms with Gasteiger partial charge in [0.05, 0.1) is 45.7 Å². The number of aryl methyl sites for hydroxylation is 2. The summed E-state index contributed by atoms with van der Waals surface area (Å²) in [5.41, 5.74) is 7.41. The molecule has 1 aliphatic rings. The van der Waals surface area contributed by atoms with Gasteiger partial charge >= 0.3 is 0 Å². The molecular weight excluding hydrogens is 557 g/mol. The zero-order valence-corrected chi connectivity index (χ0v) is 24.7. The summed E-state index contributed by atoms with van der Waals surface area (Å²) in [6.45, 7) is 5.01. The van der Waals surface area contributed by atoms with Crippen molar-refractivity contribution >= 4 is 29.1 Å². The molecule has 41 heavy (non-hydrogen) atoms. The second-order valence-electron chi connectivity index (χ2n) is 10.5. The minimum Gasteiger partial charge on any atom is -0.392 e. The van der Waals surface area contributed by atoms with Crippen LogP contribution in [-0.4, -0.2) is 30.9 Å². The highest BCUT2D eigenvalue weighted by Gasteiger charge is 2.35. The average molecular weight is 591 g/mol. The maximum absolute atomic E-state index is 12.8. The van der Waals surface area contributed by atoms with E-state index in [1.807, 2.05) is 42.7 Å². The van der Waals surface area contributed by atoms with Gasteiger partial charge in [-0.05, 0) is 73.1 Å². The molecule has 1 saturated heterocycles. The highest BCUT2D eigenvalue weighted by atomic mass is 35.5. The van der Waals surface area contributed by atoms with Crippen molar-refractivity contribution in [3.8, 4) is 0 Å². The number of piperidine rings is 1. The molecule has 0 aliphatic carbocycles. The van der Waals surface area contributed by atoms with Crippen molar-refractivity contribution in [2.24, 2.45) is 0 Å². The van der Waals surface area contributed by atoms with Gasteiger partial charge in [-0.1, -0.05) is 53.5 Å². The first kappa shape index (κ1) is 29.1. The molecule has 1 amide bonds. The van der Waals surface area contributed by atoms with Crippen molar-refractivity contribution in [3.63, 3.8) is 0 Å². The van der Waals surface area contributed by atoms with Gasteiger partial charge in [0, 0.05) is 37.9 Å². The summed E-state index contributed by atoms with van der Waals surface area (Å²) >= 11 is 12.3. The van der Waals surface area contributed by atoms with Crippen molar-refractivity contribution in [3.05, 3.63) is 122 Å². The molecule has 0 spiro atoms. The molecule has 0 unspecified atom stereocenters. The highest BCUT2D eigenvalue weighted by Crippen LogP contribution is 2.43. The van der Waals surface area contributed by atoms with E-state index in [0.717, 1.165) is 47.3 Å². The van der Waals surface area contributed by atoms with Gasteiger partial charge in [-0.2, -0.15) is 0 Å². The van der Waals surface area contributed by atoms with Gasteiger partial charge in [0.2, 0.25) is 0 Å². The number of carbonyl (C=O) groups excluding carboxylic acids is 1. The number of likely N-dealkylation sites (tertiary alicyclic amines) is 1. The Morgan fingerprint density at radius 2 is 1.56 bits per heavy atom. The summed E-state index contributed by atoms with van der Waals surface area (Å²) in [6.07, 6.45) is 9.59. The van der Waals surface area contributed by atoms with Crippen LogP contribution in [0.4, 0.5) is 0 Å². The third-order valence-corrected chi connectivity index (χ3v) is 8.39. The lowest BCUT2D eigenvalue weighted by atomic mass is 9.88. The van der Waals surface area contributed by atoms with E-state index in [-0.39, 0.29) is 46.8 Å². The van der Waals surface area contributed by atoms with E-state index in [1.54, 1.807) is 0 Å². The van der Waals surface area contributed by atoms with Crippen LogP contribution in [0.25, 0.3) is 0 Å². The number of aliphatic hydroxyl groups excluding tert-OH is 1. The zero-order valence-electron chi connectivity index (χ0n) is 23.1. The largest absolute Gasteiger partial charge is 0.392 e. The molecule has 4 aromatic rings. The van der Waals surface area contributed by atoms with Crippen LogP contribution in [0.3, 0.4) is 0 Å². The number of hydrogen-bond donors (Lipinski definition) is 2. The monoisotopic (exact) mass is 589 g/mol. The molecule has 4 heterocycles. The van der Waals surface area contributed by atoms with E-state index in [1.165, 1.54) is 23.5 Å². The number of halogens is 2. The predicted octanol–water partition coefficient (Wildman–Crippen LogP) is 6.69. The lowest BCUT2D eigenvalue weighted by molar-refractivity contribution is 0.0672. The number of nitrogens with zero attached hydrogens (tertiary/aromatic N) is 4. The average Bonchev–Trinajstić information content (AvgIpc) is 2.97. The molecule has 7 nitrogen and oxygen atoms in total. The summed E-state index contributed by atoms with van der Waals surface area (Å²) in [4.78, 5) is 28.8. The van der Waals surface area contributed by atoms with E-state index in [4.69, 9.17) is 33.2 Å². The number of hydrogen-bond acceptors (Lipinski definition) is 6. The Bertz CT molecular complexity index is 1470. The fraction of sp³-hybridized carbons (Fsp3) is 0.312. The molecule has 2 atom stereocenters. The second-order valence-corrected chi connectivity index (χ2v) is 11.3. The lowest BCUT2D eigenvalue weighted by Crippen LogP contribution is -2.37. The van der Waals surface area contributed by atoms with Crippen LogP contribution in [0.5, 0.6) is 0 Å². The summed E-state index contributed by atoms with van der Waals surface area (Å²) in [6, 6.07) is 14.4. The van der Waals surface area contributed by atoms with Gasteiger partial charge in [-0.25, -0.2) is 0 Å². The van der Waals surface area contributed by atoms with Crippen LogP contribution in [0.1, 0.15) is 80.9 Å². The van der Waals surface area contributed by atoms with Crippen LogP contribution in [0.2, 0.25) is 10.0 Å². The van der Waals surface area contributed by atoms with Gasteiger partial charge in [0.15, 0.2) is 0 Å². The van der Waals surface area contributed by atoms with E-state index >= 15 is 0 Å². The Morgan fingerprint density at radius 1 is 0.951 bits per heavy atom. The fourth-order valence-electron chi connectivity index (χ4n) is 5.74. The molecule has 9 heteroatoms. The number of benzene rings is 1. The standard InChI is InChI=1S/C32H33Cl2N5O2/c1-20-6-4-12-36-30(20)27-8-3-9-28(31-21(2)7-5-13-37-31)39(27)18-23-11-10-22(14-24(23)19-40)15-38-32(41)29-25(33)16-35-17-26(29)34/h4-7,10-14,16-17,27-28,40H,3,8-9,15,18-19H2,1-2H3,(H,38,41)/t27-,28+. The Kier molecular flexibility index (Phi) is 9.30. The summed E-state index contributed by atoms with van der Waals surface area (Å²) in [5, 5.41) is 13.6. The third kappa shape index (κ3) is 6.44. The fourth-order valence-corrected chi connectivity index (χ4v) is 6.28. The highest BCUT2D eigenvalue weighted by molar-refractivity contribution is 6.39. The van der Waals surface area contributed by atoms with Crippen LogP contribution in [0, 0.1) is 13.8 Å². The molecule has 0 bridgehead atoms. The number of aromatic nitrogens is 3. The van der Waals surface area contributed by atoms with Crippen LogP contribution in [-0.2, 0) is 19.7 Å². The van der Waals surface area contributed by atoms with E-state index < -0.39 is 0 Å². The van der Waals surface area contributed by atoms with E-state index in [9.17, 15) is 9.90 Å². The Labute approximate surface area is 250 Å². The zero-order chi connectivity index (χ0) is 28.9. The lowest BCUT2D eigenvalue weighted by Gasteiger charge is -2.43. The molecular formula is C32H33Cl2N5O2. The minimum atomic E-state index is -0.382. The maximum Gasteiger partial charge on any atom is 0.254 e. The van der Waals surface area contributed by atoms with Gasteiger partial charge in [0.1, 0.15) is 0 Å². The third-order valence-electron chi connectivity index (χ3n) is 7.81. The van der Waals surface area contributed by atoms with Crippen molar-refractivity contribution in [1.29, 1.82) is 0 Å². The SMILES string of the molecule is Cc1cccnc1[C@H]1CCC[C@@H](c2ncccc2C)N1Cc1ccc(CNC(=O)c2c(Cl)cncc2Cl)cc1CO.